The van der Waals surface area contributed by atoms with Crippen molar-refractivity contribution in [1.82, 2.24) is 9.55 Å². The minimum atomic E-state index is -0.682. The molecule has 0 radical (unpaired) electrons. The maximum atomic E-state index is 12.3. The molecule has 2 unspecified atom stereocenters. The van der Waals surface area contributed by atoms with Gasteiger partial charge in [0.2, 0.25) is 0 Å². The molecule has 1 aromatic heterocycles. The maximum absolute atomic E-state index is 12.3. The number of aliphatic hydroxyl groups excluding tert-OH is 1. The van der Waals surface area contributed by atoms with Crippen LogP contribution < -0.4 is 5.32 Å². The number of carbonyl (C=O) groups is 1. The predicted octanol–water partition coefficient (Wildman–Crippen LogP) is 2.89. The molecule has 1 aliphatic heterocycles. The molecule has 0 fully saturated rings. The Kier molecular flexibility index (Phi) is 6.59. The second kappa shape index (κ2) is 9.32. The second-order valence-electron chi connectivity index (χ2n) is 6.54. The van der Waals surface area contributed by atoms with Crippen LogP contribution in [0.2, 0.25) is 0 Å². The van der Waals surface area contributed by atoms with Crippen molar-refractivity contribution in [2.24, 2.45) is 4.99 Å². The molecule has 2 atom stereocenters. The number of nitrogens with zero attached hydrogens (tertiary/aromatic N) is 3. The Bertz CT molecular complexity index is 773. The standard InChI is InChI=1S/C20H26N4O3/c1-2-27-20(26)16(15-8-4-3-5-9-15)10-6-7-11-24-14-23-18-17(25)12-21-13-22-19(18)24/h3-5,8-9,13-14,16-17,25H,2,6-7,10-12H2,1H3,(H,21,22). The summed E-state index contributed by atoms with van der Waals surface area (Å²) in [6, 6.07) is 9.78. The first kappa shape index (κ1) is 19.1. The van der Waals surface area contributed by atoms with Crippen LogP contribution in [-0.4, -0.2) is 40.1 Å². The van der Waals surface area contributed by atoms with Crippen LogP contribution >= 0.6 is 0 Å². The lowest BCUT2D eigenvalue weighted by atomic mass is 9.93. The van der Waals surface area contributed by atoms with E-state index in [9.17, 15) is 9.90 Å². The van der Waals surface area contributed by atoms with E-state index in [4.69, 9.17) is 4.74 Å². The Labute approximate surface area is 159 Å². The van der Waals surface area contributed by atoms with Crippen molar-refractivity contribution in [3.05, 3.63) is 47.9 Å². The van der Waals surface area contributed by atoms with Gasteiger partial charge < -0.3 is 19.7 Å². The molecule has 7 nitrogen and oxygen atoms in total. The summed E-state index contributed by atoms with van der Waals surface area (Å²) in [6.45, 7) is 3.28. The lowest BCUT2D eigenvalue weighted by Crippen LogP contribution is -2.16. The molecule has 3 rings (SSSR count). The molecule has 0 saturated carbocycles. The Balaban J connectivity index is 1.58. The Hall–Kier alpha value is -2.67. The Morgan fingerprint density at radius 2 is 2.19 bits per heavy atom. The molecule has 7 heteroatoms. The third-order valence-electron chi connectivity index (χ3n) is 4.67. The van der Waals surface area contributed by atoms with E-state index in [1.807, 2.05) is 41.8 Å². The highest BCUT2D eigenvalue weighted by Crippen LogP contribution is 2.26. The first-order valence-electron chi connectivity index (χ1n) is 9.40. The van der Waals surface area contributed by atoms with Crippen LogP contribution in [0, 0.1) is 0 Å². The van der Waals surface area contributed by atoms with Crippen molar-refractivity contribution < 1.29 is 14.6 Å². The van der Waals surface area contributed by atoms with Crippen molar-refractivity contribution in [2.45, 2.75) is 44.8 Å². The van der Waals surface area contributed by atoms with Crippen LogP contribution in [0.15, 0.2) is 41.7 Å². The first-order chi connectivity index (χ1) is 13.2. The third kappa shape index (κ3) is 4.74. The van der Waals surface area contributed by atoms with Crippen molar-refractivity contribution in [1.29, 1.82) is 0 Å². The summed E-state index contributed by atoms with van der Waals surface area (Å²) in [4.78, 5) is 20.7. The van der Waals surface area contributed by atoms with Crippen molar-refractivity contribution >= 4 is 18.1 Å². The van der Waals surface area contributed by atoms with Gasteiger partial charge in [0.1, 0.15) is 17.6 Å². The molecule has 2 aromatic rings. The third-order valence-corrected chi connectivity index (χ3v) is 4.67. The summed E-state index contributed by atoms with van der Waals surface area (Å²) >= 11 is 0. The number of nitrogens with one attached hydrogen (secondary N) is 1. The highest BCUT2D eigenvalue weighted by Gasteiger charge is 2.22. The molecule has 144 valence electrons. The number of fused-ring (bicyclic) bond motifs is 1. The normalized spacial score (nSPS) is 16.9. The SMILES string of the molecule is CCOC(=O)C(CCCCn1cnc2c1NC=NCC2O)c1ccccc1. The number of aliphatic imine (C=N–C) groups is 1. The van der Waals surface area contributed by atoms with Gasteiger partial charge in [0, 0.05) is 6.54 Å². The van der Waals surface area contributed by atoms with Gasteiger partial charge in [-0.1, -0.05) is 36.8 Å². The van der Waals surface area contributed by atoms with Crippen LogP contribution in [0.4, 0.5) is 5.82 Å². The number of aliphatic hydroxyl groups is 1. The monoisotopic (exact) mass is 370 g/mol. The van der Waals surface area contributed by atoms with Gasteiger partial charge in [0.25, 0.3) is 0 Å². The molecule has 0 saturated heterocycles. The van der Waals surface area contributed by atoms with E-state index in [0.717, 1.165) is 37.2 Å². The number of aryl methyl sites for hydroxylation is 1. The van der Waals surface area contributed by atoms with E-state index < -0.39 is 6.10 Å². The molecular formula is C20H26N4O3. The number of rotatable bonds is 8. The Morgan fingerprint density at radius 3 is 2.96 bits per heavy atom. The highest BCUT2D eigenvalue weighted by atomic mass is 16.5. The smallest absolute Gasteiger partial charge is 0.313 e. The Morgan fingerprint density at radius 1 is 1.37 bits per heavy atom. The predicted molar refractivity (Wildman–Crippen MR) is 104 cm³/mol. The summed E-state index contributed by atoms with van der Waals surface area (Å²) in [7, 11) is 0. The molecule has 0 amide bonds. The van der Waals surface area contributed by atoms with Gasteiger partial charge in [-0.2, -0.15) is 0 Å². The van der Waals surface area contributed by atoms with E-state index in [-0.39, 0.29) is 11.9 Å². The summed E-state index contributed by atoms with van der Waals surface area (Å²) in [5, 5.41) is 13.1. The van der Waals surface area contributed by atoms with E-state index in [1.165, 1.54) is 0 Å². The molecule has 1 aromatic carbocycles. The van der Waals surface area contributed by atoms with Gasteiger partial charge in [-0.15, -0.1) is 0 Å². The van der Waals surface area contributed by atoms with Gasteiger partial charge >= 0.3 is 5.97 Å². The summed E-state index contributed by atoms with van der Waals surface area (Å²) in [6.07, 6.45) is 5.15. The zero-order valence-corrected chi connectivity index (χ0v) is 15.5. The number of esters is 1. The number of carbonyl (C=O) groups excluding carboxylic acids is 1. The number of anilines is 1. The van der Waals surface area contributed by atoms with Crippen LogP contribution in [0.25, 0.3) is 0 Å². The second-order valence-corrected chi connectivity index (χ2v) is 6.54. The molecule has 0 bridgehead atoms. The van der Waals surface area contributed by atoms with Crippen LogP contribution in [0.5, 0.6) is 0 Å². The fraction of sp³-hybridized carbons (Fsp3) is 0.450. The van der Waals surface area contributed by atoms with E-state index >= 15 is 0 Å². The summed E-state index contributed by atoms with van der Waals surface area (Å²) in [5.74, 6) is 0.382. The average molecular weight is 370 g/mol. The number of unbranched alkanes of at least 4 members (excludes halogenated alkanes) is 1. The van der Waals surface area contributed by atoms with Gasteiger partial charge in [0.15, 0.2) is 0 Å². The molecule has 1 aliphatic rings. The minimum Gasteiger partial charge on any atom is -0.466 e. The number of ether oxygens (including phenoxy) is 1. The van der Waals surface area contributed by atoms with Gasteiger partial charge in [-0.3, -0.25) is 9.79 Å². The van der Waals surface area contributed by atoms with Crippen LogP contribution in [0.3, 0.4) is 0 Å². The zero-order valence-electron chi connectivity index (χ0n) is 15.5. The van der Waals surface area contributed by atoms with Crippen molar-refractivity contribution in [3.63, 3.8) is 0 Å². The number of benzene rings is 1. The van der Waals surface area contributed by atoms with E-state index in [0.29, 0.717) is 18.8 Å². The van der Waals surface area contributed by atoms with Crippen molar-refractivity contribution in [2.75, 3.05) is 18.5 Å². The van der Waals surface area contributed by atoms with Gasteiger partial charge in [-0.25, -0.2) is 4.98 Å². The topological polar surface area (TPSA) is 88.7 Å². The quantitative estimate of drug-likeness (QED) is 0.551. The molecule has 0 spiro atoms. The largest absolute Gasteiger partial charge is 0.466 e. The lowest BCUT2D eigenvalue weighted by molar-refractivity contribution is -0.145. The molecule has 27 heavy (non-hydrogen) atoms. The van der Waals surface area contributed by atoms with E-state index in [1.54, 1.807) is 12.7 Å². The fourth-order valence-corrected chi connectivity index (χ4v) is 3.29. The van der Waals surface area contributed by atoms with E-state index in [2.05, 4.69) is 15.3 Å². The molecule has 2 heterocycles. The number of aromatic nitrogens is 2. The molecular weight excluding hydrogens is 344 g/mol. The van der Waals surface area contributed by atoms with Gasteiger partial charge in [-0.05, 0) is 25.3 Å². The fourth-order valence-electron chi connectivity index (χ4n) is 3.29. The summed E-state index contributed by atoms with van der Waals surface area (Å²) in [5.41, 5.74) is 1.62. The van der Waals surface area contributed by atoms with Crippen LogP contribution in [-0.2, 0) is 16.1 Å². The maximum Gasteiger partial charge on any atom is 0.313 e. The average Bonchev–Trinajstić information content (AvgIpc) is 2.99. The number of hydrogen-bond acceptors (Lipinski definition) is 6. The number of imidazole rings is 1. The number of hydrogen-bond donors (Lipinski definition) is 2. The zero-order chi connectivity index (χ0) is 19.1. The van der Waals surface area contributed by atoms with Crippen LogP contribution in [0.1, 0.15) is 49.5 Å². The van der Waals surface area contributed by atoms with Crippen molar-refractivity contribution in [3.8, 4) is 0 Å². The summed E-state index contributed by atoms with van der Waals surface area (Å²) < 4.78 is 7.24. The molecule has 0 aliphatic carbocycles. The minimum absolute atomic E-state index is 0.166. The highest BCUT2D eigenvalue weighted by molar-refractivity contribution is 5.78. The van der Waals surface area contributed by atoms with Gasteiger partial charge in [0.05, 0.1) is 31.7 Å². The first-order valence-corrected chi connectivity index (χ1v) is 9.40. The molecule has 2 N–H and O–H groups in total. The lowest BCUT2D eigenvalue weighted by Gasteiger charge is -2.16.